The van der Waals surface area contributed by atoms with Crippen LogP contribution >= 0.6 is 23.2 Å². The summed E-state index contributed by atoms with van der Waals surface area (Å²) >= 11 is 12.3. The number of ketones is 1. The summed E-state index contributed by atoms with van der Waals surface area (Å²) in [7, 11) is 1.46. The maximum atomic E-state index is 13.8. The summed E-state index contributed by atoms with van der Waals surface area (Å²) < 4.78 is 16.7. The molecule has 9 heteroatoms. The van der Waals surface area contributed by atoms with Crippen molar-refractivity contribution in [2.75, 3.05) is 18.6 Å². The number of hydrogen-bond donors (Lipinski definition) is 1. The maximum Gasteiger partial charge on any atom is 0.294 e. The number of amides is 1. The van der Waals surface area contributed by atoms with Gasteiger partial charge in [-0.05, 0) is 61.0 Å². The summed E-state index contributed by atoms with van der Waals surface area (Å²) in [6, 6.07) is 17.3. The molecule has 1 aliphatic heterocycles. The molecule has 0 bridgehead atoms. The van der Waals surface area contributed by atoms with Crippen LogP contribution in [0.2, 0.25) is 10.0 Å². The molecule has 0 saturated heterocycles. The highest BCUT2D eigenvalue weighted by molar-refractivity contribution is 6.31. The van der Waals surface area contributed by atoms with Crippen LogP contribution in [-0.4, -0.2) is 30.5 Å². The molecule has 2 heterocycles. The van der Waals surface area contributed by atoms with Crippen molar-refractivity contribution in [2.45, 2.75) is 13.0 Å². The van der Waals surface area contributed by atoms with Gasteiger partial charge in [-0.15, -0.1) is 0 Å². The number of aliphatic hydroxyl groups excluding tert-OH is 1. The average molecular weight is 538 g/mol. The van der Waals surface area contributed by atoms with E-state index in [0.717, 1.165) is 0 Å². The first kappa shape index (κ1) is 24.7. The molecule has 1 N–H and O–H groups in total. The fraction of sp³-hybridized carbons (Fsp3) is 0.143. The first-order valence-electron chi connectivity index (χ1n) is 11.4. The minimum absolute atomic E-state index is 0.0718. The number of benzene rings is 3. The maximum absolute atomic E-state index is 13.8. The van der Waals surface area contributed by atoms with Gasteiger partial charge in [0.25, 0.3) is 5.91 Å². The second kappa shape index (κ2) is 9.84. The van der Waals surface area contributed by atoms with Crippen LogP contribution in [0.4, 0.5) is 5.69 Å². The van der Waals surface area contributed by atoms with Gasteiger partial charge in [0.05, 0.1) is 25.3 Å². The van der Waals surface area contributed by atoms with Crippen molar-refractivity contribution in [3.05, 3.63) is 99.4 Å². The number of methoxy groups -OCH3 is 1. The van der Waals surface area contributed by atoms with Crippen LogP contribution in [-0.2, 0) is 4.79 Å². The summed E-state index contributed by atoms with van der Waals surface area (Å²) in [6.45, 7) is 2.36. The van der Waals surface area contributed by atoms with Gasteiger partial charge in [0.1, 0.15) is 5.75 Å². The number of anilines is 1. The number of ether oxygens (including phenoxy) is 2. The third kappa shape index (κ3) is 4.41. The molecule has 1 atom stereocenters. The van der Waals surface area contributed by atoms with E-state index in [1.165, 1.54) is 18.1 Å². The van der Waals surface area contributed by atoms with Crippen molar-refractivity contribution in [1.29, 1.82) is 0 Å². The first-order valence-corrected chi connectivity index (χ1v) is 12.1. The molecule has 188 valence electrons. The van der Waals surface area contributed by atoms with E-state index >= 15 is 0 Å². The highest BCUT2D eigenvalue weighted by atomic mass is 35.5. The summed E-state index contributed by atoms with van der Waals surface area (Å²) in [6.07, 6.45) is 0. The number of carbonyl (C=O) groups excluding carboxylic acids is 2. The number of nitrogens with zero attached hydrogens (tertiary/aromatic N) is 1. The summed E-state index contributed by atoms with van der Waals surface area (Å²) in [4.78, 5) is 28.5. The molecule has 37 heavy (non-hydrogen) atoms. The van der Waals surface area contributed by atoms with Crippen LogP contribution in [0.15, 0.2) is 82.5 Å². The molecule has 0 radical (unpaired) electrons. The fourth-order valence-corrected chi connectivity index (χ4v) is 4.76. The predicted octanol–water partition coefficient (Wildman–Crippen LogP) is 6.93. The normalized spacial score (nSPS) is 15.5. The molecule has 1 amide bonds. The Morgan fingerprint density at radius 3 is 2.38 bits per heavy atom. The lowest BCUT2D eigenvalue weighted by atomic mass is 9.94. The van der Waals surface area contributed by atoms with Crippen molar-refractivity contribution in [3.8, 4) is 11.5 Å². The highest BCUT2D eigenvalue weighted by Gasteiger charge is 2.45. The summed E-state index contributed by atoms with van der Waals surface area (Å²) in [5.41, 5.74) is 1.26. The second-order valence-electron chi connectivity index (χ2n) is 8.28. The Morgan fingerprint density at radius 2 is 1.73 bits per heavy atom. The third-order valence-corrected chi connectivity index (χ3v) is 6.53. The molecule has 0 spiro atoms. The standard InChI is InChI=1S/C28H21Cl2NO6/c1-3-36-20-10-8-19(9-11-20)31-24(15-4-6-17(29)7-5-15)23(26(33)28(31)34)25(32)21-13-16-12-18(30)14-22(35-2)27(16)37-21/h4-14,24,33H,3H2,1-2H3. The Kier molecular flexibility index (Phi) is 6.58. The number of hydrogen-bond acceptors (Lipinski definition) is 6. The van der Waals surface area contributed by atoms with Crippen LogP contribution in [0.25, 0.3) is 11.0 Å². The van der Waals surface area contributed by atoms with Gasteiger partial charge < -0.3 is 19.0 Å². The topological polar surface area (TPSA) is 89.2 Å². The van der Waals surface area contributed by atoms with Gasteiger partial charge in [-0.3, -0.25) is 14.5 Å². The van der Waals surface area contributed by atoms with E-state index in [2.05, 4.69) is 0 Å². The van der Waals surface area contributed by atoms with Gasteiger partial charge in [0.15, 0.2) is 22.9 Å². The predicted molar refractivity (Wildman–Crippen MR) is 141 cm³/mol. The molecule has 1 aromatic heterocycles. The lowest BCUT2D eigenvalue weighted by molar-refractivity contribution is -0.117. The Labute approximate surface area is 222 Å². The SMILES string of the molecule is CCOc1ccc(N2C(=O)C(O)=C(C(=O)c3cc4cc(Cl)cc(OC)c4o3)C2c2ccc(Cl)cc2)cc1. The number of rotatable bonds is 7. The smallest absolute Gasteiger partial charge is 0.294 e. The molecule has 5 rings (SSSR count). The molecule has 0 aliphatic carbocycles. The number of Topliss-reactive ketones (excluding diaryl/α,β-unsaturated/α-hetero) is 1. The van der Waals surface area contributed by atoms with Gasteiger partial charge in [0, 0.05) is 27.2 Å². The van der Waals surface area contributed by atoms with Gasteiger partial charge in [-0.2, -0.15) is 0 Å². The largest absolute Gasteiger partial charge is 0.503 e. The van der Waals surface area contributed by atoms with E-state index in [-0.39, 0.29) is 11.3 Å². The molecule has 7 nitrogen and oxygen atoms in total. The monoisotopic (exact) mass is 537 g/mol. The van der Waals surface area contributed by atoms with Crippen molar-refractivity contribution in [2.24, 2.45) is 0 Å². The van der Waals surface area contributed by atoms with Crippen molar-refractivity contribution in [3.63, 3.8) is 0 Å². The lowest BCUT2D eigenvalue weighted by Crippen LogP contribution is -2.31. The highest BCUT2D eigenvalue weighted by Crippen LogP contribution is 2.43. The van der Waals surface area contributed by atoms with Crippen LogP contribution in [0.3, 0.4) is 0 Å². The molecular formula is C28H21Cl2NO6. The van der Waals surface area contributed by atoms with Crippen LogP contribution < -0.4 is 14.4 Å². The van der Waals surface area contributed by atoms with E-state index < -0.39 is 23.5 Å². The van der Waals surface area contributed by atoms with Crippen molar-refractivity contribution in [1.82, 2.24) is 0 Å². The van der Waals surface area contributed by atoms with Gasteiger partial charge in [-0.25, -0.2) is 0 Å². The molecular weight excluding hydrogens is 517 g/mol. The molecule has 1 aliphatic rings. The first-order chi connectivity index (χ1) is 17.8. The van der Waals surface area contributed by atoms with Gasteiger partial charge in [0.2, 0.25) is 5.78 Å². The molecule has 3 aromatic carbocycles. The number of aliphatic hydroxyl groups is 1. The molecule has 1 unspecified atom stereocenters. The average Bonchev–Trinajstić information content (AvgIpc) is 3.43. The van der Waals surface area contributed by atoms with Gasteiger partial charge >= 0.3 is 0 Å². The quantitative estimate of drug-likeness (QED) is 0.257. The minimum atomic E-state index is -0.936. The van der Waals surface area contributed by atoms with E-state index in [9.17, 15) is 14.7 Å². The zero-order valence-corrected chi connectivity index (χ0v) is 21.3. The minimum Gasteiger partial charge on any atom is -0.503 e. The van der Waals surface area contributed by atoms with E-state index in [0.29, 0.717) is 50.4 Å². The Hall–Kier alpha value is -3.94. The Morgan fingerprint density at radius 1 is 1.03 bits per heavy atom. The van der Waals surface area contributed by atoms with Crippen LogP contribution in [0.1, 0.15) is 29.1 Å². The lowest BCUT2D eigenvalue weighted by Gasteiger charge is -2.27. The second-order valence-corrected chi connectivity index (χ2v) is 9.16. The van der Waals surface area contributed by atoms with E-state index in [1.807, 2.05) is 6.92 Å². The number of furan rings is 1. The van der Waals surface area contributed by atoms with Crippen molar-refractivity contribution < 1.29 is 28.6 Å². The van der Waals surface area contributed by atoms with Crippen LogP contribution in [0.5, 0.6) is 11.5 Å². The van der Waals surface area contributed by atoms with Gasteiger partial charge in [-0.1, -0.05) is 35.3 Å². The van der Waals surface area contributed by atoms with E-state index in [4.69, 9.17) is 37.1 Å². The number of carbonyl (C=O) groups is 2. The summed E-state index contributed by atoms with van der Waals surface area (Å²) in [5.74, 6) is -1.11. The van der Waals surface area contributed by atoms with E-state index in [1.54, 1.807) is 60.7 Å². The third-order valence-electron chi connectivity index (χ3n) is 6.06. The van der Waals surface area contributed by atoms with Crippen molar-refractivity contribution >= 4 is 51.5 Å². The number of fused-ring (bicyclic) bond motifs is 1. The zero-order valence-electron chi connectivity index (χ0n) is 19.8. The fourth-order valence-electron chi connectivity index (χ4n) is 4.42. The van der Waals surface area contributed by atoms with Crippen LogP contribution in [0, 0.1) is 0 Å². The molecule has 4 aromatic rings. The molecule has 0 fully saturated rings. The number of halogens is 2. The Bertz CT molecular complexity index is 1540. The molecule has 0 saturated carbocycles. The summed E-state index contributed by atoms with van der Waals surface area (Å²) in [5, 5.41) is 12.4. The zero-order chi connectivity index (χ0) is 26.3. The Balaban J connectivity index is 1.63.